The Balaban J connectivity index is 1.28. The zero-order valence-electron chi connectivity index (χ0n) is 22.2. The van der Waals surface area contributed by atoms with E-state index < -0.39 is 0 Å². The fraction of sp³-hybridized carbons (Fsp3) is 0.387. The van der Waals surface area contributed by atoms with Crippen LogP contribution in [0.3, 0.4) is 0 Å². The normalized spacial score (nSPS) is 19.4. The Kier molecular flexibility index (Phi) is 8.25. The molecule has 2 saturated heterocycles. The van der Waals surface area contributed by atoms with Crippen molar-refractivity contribution in [2.75, 3.05) is 38.2 Å². The summed E-state index contributed by atoms with van der Waals surface area (Å²) in [7, 11) is 0. The van der Waals surface area contributed by atoms with Crippen LogP contribution in [0.2, 0.25) is 0 Å². The van der Waals surface area contributed by atoms with Gasteiger partial charge in [0, 0.05) is 30.9 Å². The molecule has 7 heteroatoms. The lowest BCUT2D eigenvalue weighted by Crippen LogP contribution is -2.22. The number of nitrogens with one attached hydrogen (secondary N) is 1. The summed E-state index contributed by atoms with van der Waals surface area (Å²) in [5.74, 6) is 1.54. The fourth-order valence-electron chi connectivity index (χ4n) is 5.31. The zero-order chi connectivity index (χ0) is 26.3. The van der Waals surface area contributed by atoms with E-state index in [4.69, 9.17) is 9.57 Å². The SMILES string of the molecule is Cc1cc(NC2=NC=C(C#N)C(N3OCC[C@H]3c3ccccc3)=C=C2)cc(C)c1OCCCN1CCCC1. The molecule has 38 heavy (non-hydrogen) atoms. The second-order valence-corrected chi connectivity index (χ2v) is 10.00. The number of anilines is 1. The smallest absolute Gasteiger partial charge is 0.138 e. The number of amidine groups is 1. The maximum atomic E-state index is 9.85. The minimum atomic E-state index is 0.0200. The molecule has 0 bridgehead atoms. The Morgan fingerprint density at radius 2 is 1.92 bits per heavy atom. The van der Waals surface area contributed by atoms with Crippen molar-refractivity contribution in [1.82, 2.24) is 9.96 Å². The summed E-state index contributed by atoms with van der Waals surface area (Å²) in [6.07, 6.45) is 7.86. The highest BCUT2D eigenvalue weighted by Crippen LogP contribution is 2.35. The first-order valence-corrected chi connectivity index (χ1v) is 13.5. The van der Waals surface area contributed by atoms with Gasteiger partial charge in [0.2, 0.25) is 0 Å². The van der Waals surface area contributed by atoms with Crippen molar-refractivity contribution in [2.24, 2.45) is 4.99 Å². The summed E-state index contributed by atoms with van der Waals surface area (Å²) in [5.41, 5.74) is 8.48. The topological polar surface area (TPSA) is 73.1 Å². The van der Waals surface area contributed by atoms with E-state index in [1.54, 1.807) is 17.3 Å². The number of hydrogen-bond acceptors (Lipinski definition) is 7. The molecular weight excluding hydrogens is 474 g/mol. The second-order valence-electron chi connectivity index (χ2n) is 10.00. The highest BCUT2D eigenvalue weighted by molar-refractivity contribution is 6.04. The van der Waals surface area contributed by atoms with Crippen LogP contribution in [-0.2, 0) is 4.84 Å². The molecule has 3 aliphatic heterocycles. The van der Waals surface area contributed by atoms with Crippen LogP contribution in [0, 0.1) is 25.2 Å². The largest absolute Gasteiger partial charge is 0.493 e. The minimum absolute atomic E-state index is 0.0200. The van der Waals surface area contributed by atoms with Crippen molar-refractivity contribution in [2.45, 2.75) is 45.6 Å². The van der Waals surface area contributed by atoms with Crippen LogP contribution in [0.1, 0.15) is 48.4 Å². The van der Waals surface area contributed by atoms with Gasteiger partial charge in [0.15, 0.2) is 0 Å². The Labute approximate surface area is 225 Å². The summed E-state index contributed by atoms with van der Waals surface area (Å²) >= 11 is 0. The zero-order valence-corrected chi connectivity index (χ0v) is 22.2. The van der Waals surface area contributed by atoms with Crippen molar-refractivity contribution >= 4 is 11.5 Å². The summed E-state index contributed by atoms with van der Waals surface area (Å²) in [4.78, 5) is 13.0. The van der Waals surface area contributed by atoms with E-state index >= 15 is 0 Å². The molecule has 0 saturated carbocycles. The van der Waals surface area contributed by atoms with Gasteiger partial charge in [-0.3, -0.25) is 4.84 Å². The van der Waals surface area contributed by atoms with Crippen LogP contribution in [-0.4, -0.2) is 48.6 Å². The minimum Gasteiger partial charge on any atom is -0.493 e. The van der Waals surface area contributed by atoms with Crippen LogP contribution in [0.4, 0.5) is 5.69 Å². The lowest BCUT2D eigenvalue weighted by Gasteiger charge is -2.25. The number of nitriles is 1. The molecule has 2 aromatic carbocycles. The lowest BCUT2D eigenvalue weighted by atomic mass is 10.0. The number of benzene rings is 2. The summed E-state index contributed by atoms with van der Waals surface area (Å²) in [5, 5.41) is 15.0. The van der Waals surface area contributed by atoms with Gasteiger partial charge < -0.3 is 15.0 Å². The van der Waals surface area contributed by atoms with Crippen molar-refractivity contribution < 1.29 is 9.57 Å². The van der Waals surface area contributed by atoms with Gasteiger partial charge in [0.25, 0.3) is 0 Å². The predicted octanol–water partition coefficient (Wildman–Crippen LogP) is 5.82. The predicted molar refractivity (Wildman–Crippen MR) is 150 cm³/mol. The molecule has 0 aliphatic carbocycles. The van der Waals surface area contributed by atoms with Gasteiger partial charge in [0.05, 0.1) is 19.3 Å². The molecule has 2 aromatic rings. The third-order valence-corrected chi connectivity index (χ3v) is 7.16. The number of likely N-dealkylation sites (tertiary alicyclic amines) is 1. The number of hydrogen-bond donors (Lipinski definition) is 1. The van der Waals surface area contributed by atoms with Gasteiger partial charge in [-0.15, -0.1) is 0 Å². The number of hydroxylamine groups is 2. The van der Waals surface area contributed by atoms with E-state index in [1.165, 1.54) is 25.9 Å². The molecule has 196 valence electrons. The molecule has 2 fully saturated rings. The lowest BCUT2D eigenvalue weighted by molar-refractivity contribution is -0.0986. The van der Waals surface area contributed by atoms with Crippen LogP contribution in [0.25, 0.3) is 0 Å². The molecule has 0 unspecified atom stereocenters. The second kappa shape index (κ2) is 12.1. The van der Waals surface area contributed by atoms with E-state index in [0.29, 0.717) is 23.7 Å². The van der Waals surface area contributed by atoms with Gasteiger partial charge in [-0.2, -0.15) is 5.26 Å². The monoisotopic (exact) mass is 509 g/mol. The Hall–Kier alpha value is -3.82. The molecular formula is C31H35N5O2. The Bertz CT molecular complexity index is 1290. The highest BCUT2D eigenvalue weighted by atomic mass is 16.7. The average Bonchev–Trinajstić information content (AvgIpc) is 3.58. The molecule has 0 radical (unpaired) electrons. The van der Waals surface area contributed by atoms with Gasteiger partial charge in [0.1, 0.15) is 28.9 Å². The maximum Gasteiger partial charge on any atom is 0.138 e. The molecule has 5 rings (SSSR count). The molecule has 0 amide bonds. The quantitative estimate of drug-likeness (QED) is 0.357. The van der Waals surface area contributed by atoms with E-state index in [0.717, 1.165) is 54.1 Å². The van der Waals surface area contributed by atoms with E-state index in [-0.39, 0.29) is 6.04 Å². The van der Waals surface area contributed by atoms with Crippen LogP contribution in [0.15, 0.2) is 76.7 Å². The van der Waals surface area contributed by atoms with Gasteiger partial charge in [-0.05, 0) is 75.0 Å². The molecule has 1 N–H and O–H groups in total. The van der Waals surface area contributed by atoms with Gasteiger partial charge >= 0.3 is 0 Å². The molecule has 3 heterocycles. The number of aryl methyl sites for hydroxylation is 2. The number of ether oxygens (including phenoxy) is 1. The molecule has 0 spiro atoms. The molecule has 0 aromatic heterocycles. The summed E-state index contributed by atoms with van der Waals surface area (Å²) in [6, 6.07) is 16.6. The summed E-state index contributed by atoms with van der Waals surface area (Å²) in [6.45, 7) is 8.98. The van der Waals surface area contributed by atoms with Crippen LogP contribution in [0.5, 0.6) is 5.75 Å². The molecule has 7 nitrogen and oxygen atoms in total. The van der Waals surface area contributed by atoms with Gasteiger partial charge in [-0.25, -0.2) is 10.1 Å². The van der Waals surface area contributed by atoms with Gasteiger partial charge in [-0.1, -0.05) is 36.1 Å². The molecule has 1 atom stereocenters. The fourth-order valence-corrected chi connectivity index (χ4v) is 5.31. The standard InChI is InChI=1S/C31H35N5O2/c1-23-19-27(20-24(2)31(23)37-17-8-16-35-14-6-7-15-35)34-30-12-11-28(26(21-32)22-33-30)36-29(13-18-38-36)25-9-4-3-5-10-25/h3-5,9-10,12,19-20,22,29H,6-8,13-18H2,1-2H3,(H,33,34)/t29-/m0/s1. The number of rotatable bonds is 8. The Morgan fingerprint density at radius 1 is 1.16 bits per heavy atom. The number of aliphatic imine (C=N–C) groups is 1. The van der Waals surface area contributed by atoms with Crippen molar-refractivity contribution in [3.05, 3.63) is 88.4 Å². The Morgan fingerprint density at radius 3 is 2.66 bits per heavy atom. The first-order chi connectivity index (χ1) is 18.6. The summed E-state index contributed by atoms with van der Waals surface area (Å²) < 4.78 is 6.17. The van der Waals surface area contributed by atoms with Crippen molar-refractivity contribution in [1.29, 1.82) is 5.26 Å². The first kappa shape index (κ1) is 25.8. The third kappa shape index (κ3) is 6.00. The van der Waals surface area contributed by atoms with E-state index in [1.807, 2.05) is 18.2 Å². The van der Waals surface area contributed by atoms with E-state index in [2.05, 4.69) is 65.1 Å². The van der Waals surface area contributed by atoms with Crippen molar-refractivity contribution in [3.63, 3.8) is 0 Å². The average molecular weight is 510 g/mol. The first-order valence-electron chi connectivity index (χ1n) is 13.5. The number of nitrogens with zero attached hydrogens (tertiary/aromatic N) is 4. The molecule has 3 aliphatic rings. The van der Waals surface area contributed by atoms with Crippen LogP contribution >= 0.6 is 0 Å². The van der Waals surface area contributed by atoms with Crippen LogP contribution < -0.4 is 10.1 Å². The maximum absolute atomic E-state index is 9.85. The van der Waals surface area contributed by atoms with Crippen molar-refractivity contribution in [3.8, 4) is 11.8 Å². The highest BCUT2D eigenvalue weighted by Gasteiger charge is 2.31. The van der Waals surface area contributed by atoms with E-state index in [9.17, 15) is 5.26 Å². The third-order valence-electron chi connectivity index (χ3n) is 7.16.